The van der Waals surface area contributed by atoms with E-state index < -0.39 is 44.7 Å². The number of ether oxygens (including phenoxy) is 1. The number of aryl methyl sites for hydroxylation is 1. The minimum atomic E-state index is -3.89. The Kier molecular flexibility index (Phi) is 14.1. The van der Waals surface area contributed by atoms with Crippen molar-refractivity contribution in [2.45, 2.75) is 51.4 Å². The number of alkyl carbamates (subject to hydrolysis) is 1. The van der Waals surface area contributed by atoms with Crippen molar-refractivity contribution in [2.75, 3.05) is 33.5 Å². The average molecular weight is 658 g/mol. The van der Waals surface area contributed by atoms with E-state index in [-0.39, 0.29) is 50.0 Å². The van der Waals surface area contributed by atoms with Crippen LogP contribution in [-0.4, -0.2) is 73.8 Å². The van der Waals surface area contributed by atoms with Gasteiger partial charge in [-0.1, -0.05) is 54.1 Å². The molecule has 242 valence electrons. The molecule has 1 aliphatic rings. The highest BCUT2D eigenvalue weighted by Crippen LogP contribution is 2.49. The Morgan fingerprint density at radius 3 is 2.50 bits per heavy atom. The summed E-state index contributed by atoms with van der Waals surface area (Å²) >= 11 is 6.03. The second-order valence-electron chi connectivity index (χ2n) is 9.68. The van der Waals surface area contributed by atoms with Gasteiger partial charge in [-0.05, 0) is 38.3 Å². The van der Waals surface area contributed by atoms with E-state index >= 15 is 0 Å². The van der Waals surface area contributed by atoms with Crippen LogP contribution in [0.4, 0.5) is 9.18 Å². The predicted molar refractivity (Wildman–Crippen MR) is 161 cm³/mol. The smallest absolute Gasteiger partial charge is 0.447 e. The van der Waals surface area contributed by atoms with E-state index in [1.54, 1.807) is 26.0 Å². The van der Waals surface area contributed by atoms with Gasteiger partial charge in [0.05, 0.1) is 37.0 Å². The number of phosphoric acid groups is 1. The SMILES string of the molecule is CCOP(=O)(OCC)OC[C@H](O)C[C@@H](COC(=O)NC1C=C(c2ccccc2)ON1)N(C)C(=O)CCc1cccc(F)c1Cl. The summed E-state index contributed by atoms with van der Waals surface area (Å²) in [6.45, 7) is 2.63. The van der Waals surface area contributed by atoms with E-state index in [4.69, 9.17) is 34.7 Å². The molecule has 2 aromatic carbocycles. The lowest BCUT2D eigenvalue weighted by molar-refractivity contribution is -0.133. The van der Waals surface area contributed by atoms with Crippen LogP contribution in [0, 0.1) is 5.82 Å². The fourth-order valence-corrected chi connectivity index (χ4v) is 5.64. The monoisotopic (exact) mass is 657 g/mol. The van der Waals surface area contributed by atoms with E-state index in [2.05, 4.69) is 10.8 Å². The van der Waals surface area contributed by atoms with Crippen LogP contribution in [0.25, 0.3) is 5.76 Å². The van der Waals surface area contributed by atoms with Crippen molar-refractivity contribution < 1.29 is 46.8 Å². The quantitative estimate of drug-likeness (QED) is 0.203. The number of hydroxylamine groups is 1. The number of carbonyl (C=O) groups excluding carboxylic acids is 2. The summed E-state index contributed by atoms with van der Waals surface area (Å²) < 4.78 is 47.3. The van der Waals surface area contributed by atoms with Crippen molar-refractivity contribution in [1.29, 1.82) is 0 Å². The number of likely N-dealkylation sites (N-methyl/N-ethyl adjacent to an activating group) is 1. The average Bonchev–Trinajstić information content (AvgIpc) is 3.47. The summed E-state index contributed by atoms with van der Waals surface area (Å²) in [4.78, 5) is 32.5. The highest BCUT2D eigenvalue weighted by atomic mass is 35.5. The van der Waals surface area contributed by atoms with Crippen molar-refractivity contribution in [3.63, 3.8) is 0 Å². The number of phosphoric ester groups is 1. The summed E-state index contributed by atoms with van der Waals surface area (Å²) in [7, 11) is -2.40. The number of nitrogens with one attached hydrogen (secondary N) is 2. The van der Waals surface area contributed by atoms with Crippen molar-refractivity contribution in [2.24, 2.45) is 0 Å². The summed E-state index contributed by atoms with van der Waals surface area (Å²) in [6, 6.07) is 12.8. The Morgan fingerprint density at radius 1 is 1.11 bits per heavy atom. The molecule has 1 heterocycles. The van der Waals surface area contributed by atoms with Crippen LogP contribution in [0.1, 0.15) is 37.8 Å². The molecule has 0 saturated heterocycles. The first-order valence-corrected chi connectivity index (χ1v) is 15.9. The third-order valence-corrected chi connectivity index (χ3v) is 8.51. The molecule has 2 amide bonds. The van der Waals surface area contributed by atoms with Gasteiger partial charge in [0, 0.05) is 25.1 Å². The lowest BCUT2D eigenvalue weighted by atomic mass is 10.1. The van der Waals surface area contributed by atoms with Crippen LogP contribution >= 0.6 is 19.4 Å². The van der Waals surface area contributed by atoms with Crippen LogP contribution in [0.5, 0.6) is 0 Å². The molecular formula is C29H38ClFN3O9P. The molecule has 3 atom stereocenters. The molecular weight excluding hydrogens is 620 g/mol. The van der Waals surface area contributed by atoms with Gasteiger partial charge >= 0.3 is 13.9 Å². The number of aliphatic hydroxyl groups is 1. The zero-order chi connectivity index (χ0) is 32.1. The van der Waals surface area contributed by atoms with Gasteiger partial charge in [-0.3, -0.25) is 23.7 Å². The minimum absolute atomic E-state index is 0.0325. The van der Waals surface area contributed by atoms with E-state index in [0.717, 1.165) is 5.56 Å². The van der Waals surface area contributed by atoms with Gasteiger partial charge in [0.2, 0.25) is 5.91 Å². The minimum Gasteiger partial charge on any atom is -0.447 e. The molecule has 15 heteroatoms. The first kappa shape index (κ1) is 35.4. The number of nitrogens with zero attached hydrogens (tertiary/aromatic N) is 1. The molecule has 0 spiro atoms. The van der Waals surface area contributed by atoms with E-state index in [1.807, 2.05) is 30.3 Å². The van der Waals surface area contributed by atoms with Gasteiger partial charge in [0.15, 0.2) is 5.76 Å². The molecule has 0 fully saturated rings. The zero-order valence-corrected chi connectivity index (χ0v) is 26.4. The number of amides is 2. The molecule has 3 rings (SSSR count). The first-order chi connectivity index (χ1) is 21.0. The van der Waals surface area contributed by atoms with Gasteiger partial charge < -0.3 is 19.6 Å². The van der Waals surface area contributed by atoms with Crippen LogP contribution in [0.15, 0.2) is 54.6 Å². The molecule has 0 saturated carbocycles. The van der Waals surface area contributed by atoms with Gasteiger partial charge in [-0.25, -0.2) is 13.8 Å². The molecule has 0 aromatic heterocycles. The summed E-state index contributed by atoms with van der Waals surface area (Å²) in [5.74, 6) is -0.435. The predicted octanol–water partition coefficient (Wildman–Crippen LogP) is 4.82. The maximum atomic E-state index is 13.8. The lowest BCUT2D eigenvalue weighted by Crippen LogP contribution is -2.46. The highest BCUT2D eigenvalue weighted by Gasteiger charge is 2.30. The van der Waals surface area contributed by atoms with Gasteiger partial charge in [-0.15, -0.1) is 5.48 Å². The lowest BCUT2D eigenvalue weighted by Gasteiger charge is -2.30. The van der Waals surface area contributed by atoms with Crippen molar-refractivity contribution in [3.8, 4) is 0 Å². The first-order valence-electron chi connectivity index (χ1n) is 14.1. The highest BCUT2D eigenvalue weighted by molar-refractivity contribution is 7.48. The molecule has 0 radical (unpaired) electrons. The fraction of sp³-hybridized carbons (Fsp3) is 0.448. The molecule has 12 nitrogen and oxygen atoms in total. The molecule has 0 aliphatic carbocycles. The third kappa shape index (κ3) is 10.8. The Bertz CT molecular complexity index is 1310. The molecule has 1 aliphatic heterocycles. The van der Waals surface area contributed by atoms with E-state index in [0.29, 0.717) is 11.3 Å². The normalized spacial score (nSPS) is 16.0. The topological polar surface area (TPSA) is 145 Å². The van der Waals surface area contributed by atoms with Gasteiger partial charge in [-0.2, -0.15) is 0 Å². The number of benzene rings is 2. The standard InChI is InChI=1S/C29H38ClFN3O9P/c1-4-40-44(38,41-5-2)42-19-23(35)16-22(34(3)27(36)15-14-21-12-9-13-24(31)28(21)30)18-39-29(37)32-26-17-25(43-33-26)20-10-7-6-8-11-20/h6-13,17,22-23,26,33,35H,4-5,14-16,18-19H2,1-3H3,(H,32,37)/t22-,23+,26?/m0/s1. The number of hydrogen-bond acceptors (Lipinski definition) is 10. The Hall–Kier alpha value is -3.03. The van der Waals surface area contributed by atoms with Crippen LogP contribution < -0.4 is 10.8 Å². The van der Waals surface area contributed by atoms with Crippen LogP contribution in [-0.2, 0) is 38.9 Å². The molecule has 2 aromatic rings. The number of halogens is 2. The van der Waals surface area contributed by atoms with Crippen LogP contribution in [0.2, 0.25) is 5.02 Å². The zero-order valence-electron chi connectivity index (χ0n) is 24.7. The summed E-state index contributed by atoms with van der Waals surface area (Å²) in [5, 5.41) is 13.3. The molecule has 1 unspecified atom stereocenters. The van der Waals surface area contributed by atoms with E-state index in [1.165, 1.54) is 24.1 Å². The van der Waals surface area contributed by atoms with Crippen molar-refractivity contribution in [1.82, 2.24) is 15.7 Å². The second-order valence-corrected chi connectivity index (χ2v) is 11.7. The summed E-state index contributed by atoms with van der Waals surface area (Å²) in [6.07, 6.45) is -1.05. The number of aliphatic hydroxyl groups excluding tert-OH is 1. The largest absolute Gasteiger partial charge is 0.474 e. The van der Waals surface area contributed by atoms with Gasteiger partial charge in [0.1, 0.15) is 18.6 Å². The fourth-order valence-electron chi connectivity index (χ4n) is 4.20. The Morgan fingerprint density at radius 2 is 1.82 bits per heavy atom. The Labute approximate surface area is 261 Å². The molecule has 0 bridgehead atoms. The second kappa shape index (κ2) is 17.5. The molecule has 44 heavy (non-hydrogen) atoms. The molecule has 3 N–H and O–H groups in total. The maximum Gasteiger partial charge on any atom is 0.474 e. The number of carbonyl (C=O) groups is 2. The third-order valence-electron chi connectivity index (χ3n) is 6.48. The number of hydrogen-bond donors (Lipinski definition) is 3. The van der Waals surface area contributed by atoms with Crippen molar-refractivity contribution in [3.05, 3.63) is 76.6 Å². The van der Waals surface area contributed by atoms with Crippen molar-refractivity contribution >= 4 is 37.2 Å². The maximum absolute atomic E-state index is 13.8. The van der Waals surface area contributed by atoms with Gasteiger partial charge in [0.25, 0.3) is 0 Å². The van der Waals surface area contributed by atoms with E-state index in [9.17, 15) is 23.7 Å². The van der Waals surface area contributed by atoms with Crippen LogP contribution in [0.3, 0.4) is 0 Å². The summed E-state index contributed by atoms with van der Waals surface area (Å²) in [5.41, 5.74) is 3.95. The number of rotatable bonds is 17. The Balaban J connectivity index is 1.63.